The molecule has 6 nitrogen and oxygen atoms in total. The Balaban J connectivity index is 0.00000364. The predicted octanol–water partition coefficient (Wildman–Crippen LogP) is 3.97. The van der Waals surface area contributed by atoms with Gasteiger partial charge in [-0.3, -0.25) is 0 Å². The molecule has 27 heavy (non-hydrogen) atoms. The van der Waals surface area contributed by atoms with Crippen LogP contribution in [0.4, 0.5) is 0 Å². The third-order valence-corrected chi connectivity index (χ3v) is 4.93. The van der Waals surface area contributed by atoms with Gasteiger partial charge < -0.3 is 15.2 Å². The van der Waals surface area contributed by atoms with Crippen molar-refractivity contribution in [3.63, 3.8) is 0 Å². The molecule has 0 bridgehead atoms. The van der Waals surface area contributed by atoms with Crippen molar-refractivity contribution < 1.29 is 0 Å². The van der Waals surface area contributed by atoms with Gasteiger partial charge in [0.25, 0.3) is 0 Å². The number of hydrogen-bond acceptors (Lipinski definition) is 3. The highest BCUT2D eigenvalue weighted by Gasteiger charge is 2.11. The summed E-state index contributed by atoms with van der Waals surface area (Å²) in [6.45, 7) is 9.97. The number of aryl methyl sites for hydroxylation is 1. The van der Waals surface area contributed by atoms with Crippen LogP contribution in [0.1, 0.15) is 56.9 Å². The Morgan fingerprint density at radius 1 is 1.15 bits per heavy atom. The summed E-state index contributed by atoms with van der Waals surface area (Å²) < 4.78 is 1.97. The van der Waals surface area contributed by atoms with E-state index in [1.807, 2.05) is 24.6 Å². The summed E-state index contributed by atoms with van der Waals surface area (Å²) in [5, 5.41) is 15.3. The summed E-state index contributed by atoms with van der Waals surface area (Å²) in [6, 6.07) is 10.6. The van der Waals surface area contributed by atoms with Crippen LogP contribution in [0, 0.1) is 12.8 Å². The summed E-state index contributed by atoms with van der Waals surface area (Å²) in [4.78, 5) is 4.75. The van der Waals surface area contributed by atoms with E-state index in [0.717, 1.165) is 37.0 Å². The van der Waals surface area contributed by atoms with Crippen molar-refractivity contribution in [3.05, 3.63) is 47.5 Å². The van der Waals surface area contributed by atoms with E-state index in [2.05, 4.69) is 65.9 Å². The molecule has 1 unspecified atom stereocenters. The fourth-order valence-electron chi connectivity index (χ4n) is 2.74. The molecule has 0 aliphatic heterocycles. The highest BCUT2D eigenvalue weighted by molar-refractivity contribution is 14.0. The minimum absolute atomic E-state index is 0. The van der Waals surface area contributed by atoms with E-state index < -0.39 is 0 Å². The zero-order valence-electron chi connectivity index (χ0n) is 17.1. The number of guanidine groups is 1. The number of nitrogens with zero attached hydrogens (tertiary/aromatic N) is 4. The molecule has 0 saturated carbocycles. The molecule has 0 aliphatic carbocycles. The van der Waals surface area contributed by atoms with Crippen molar-refractivity contribution >= 4 is 29.9 Å². The lowest BCUT2D eigenvalue weighted by Gasteiger charge is -2.21. The van der Waals surface area contributed by atoms with Crippen LogP contribution >= 0.6 is 24.0 Å². The van der Waals surface area contributed by atoms with E-state index in [9.17, 15) is 0 Å². The van der Waals surface area contributed by atoms with Gasteiger partial charge >= 0.3 is 0 Å². The lowest BCUT2D eigenvalue weighted by Crippen LogP contribution is -2.41. The van der Waals surface area contributed by atoms with Gasteiger partial charge in [0.2, 0.25) is 0 Å². The third kappa shape index (κ3) is 7.12. The van der Waals surface area contributed by atoms with E-state index in [-0.39, 0.29) is 30.0 Å². The van der Waals surface area contributed by atoms with Crippen molar-refractivity contribution in [1.82, 2.24) is 25.4 Å². The van der Waals surface area contributed by atoms with Crippen LogP contribution in [0.25, 0.3) is 0 Å². The van der Waals surface area contributed by atoms with Crippen LogP contribution in [0.3, 0.4) is 0 Å². The summed E-state index contributed by atoms with van der Waals surface area (Å²) in [5.41, 5.74) is 1.24. The second-order valence-electron chi connectivity index (χ2n) is 6.73. The van der Waals surface area contributed by atoms with Crippen molar-refractivity contribution in [1.29, 1.82) is 0 Å². The van der Waals surface area contributed by atoms with Gasteiger partial charge in [0.05, 0.1) is 6.04 Å². The largest absolute Gasteiger partial charge is 0.356 e. The Kier molecular flexibility index (Phi) is 10.4. The number of hydrogen-bond donors (Lipinski definition) is 2. The summed E-state index contributed by atoms with van der Waals surface area (Å²) in [5.74, 6) is 3.21. The van der Waals surface area contributed by atoms with Gasteiger partial charge in [-0.2, -0.15) is 0 Å². The molecule has 1 aromatic carbocycles. The minimum Gasteiger partial charge on any atom is -0.356 e. The van der Waals surface area contributed by atoms with Gasteiger partial charge in [-0.1, -0.05) is 57.0 Å². The van der Waals surface area contributed by atoms with Crippen LogP contribution in [-0.2, 0) is 13.6 Å². The number of benzene rings is 1. The monoisotopic (exact) mass is 484 g/mol. The molecule has 1 heterocycles. The number of halogens is 1. The molecule has 0 amide bonds. The number of aromatic nitrogens is 3. The zero-order valence-corrected chi connectivity index (χ0v) is 19.4. The Morgan fingerprint density at radius 2 is 1.81 bits per heavy atom. The maximum atomic E-state index is 4.75. The average Bonchev–Trinajstić information content (AvgIpc) is 2.99. The molecule has 0 spiro atoms. The Bertz CT molecular complexity index is 694. The van der Waals surface area contributed by atoms with Crippen molar-refractivity contribution in [2.75, 3.05) is 6.54 Å². The summed E-state index contributed by atoms with van der Waals surface area (Å²) >= 11 is 0. The van der Waals surface area contributed by atoms with E-state index >= 15 is 0 Å². The second-order valence-corrected chi connectivity index (χ2v) is 6.73. The van der Waals surface area contributed by atoms with Gasteiger partial charge in [0.1, 0.15) is 12.4 Å². The molecule has 2 N–H and O–H groups in total. The Hall–Kier alpha value is -1.64. The smallest absolute Gasteiger partial charge is 0.192 e. The first-order valence-electron chi connectivity index (χ1n) is 9.49. The first-order valence-corrected chi connectivity index (χ1v) is 9.49. The lowest BCUT2D eigenvalue weighted by molar-refractivity contribution is 0.479. The Morgan fingerprint density at radius 3 is 2.37 bits per heavy atom. The van der Waals surface area contributed by atoms with Gasteiger partial charge in [0, 0.05) is 13.6 Å². The van der Waals surface area contributed by atoms with E-state index in [0.29, 0.717) is 12.5 Å². The fraction of sp³-hybridized carbons (Fsp3) is 0.550. The molecule has 0 fully saturated rings. The van der Waals surface area contributed by atoms with Crippen LogP contribution in [-0.4, -0.2) is 27.3 Å². The minimum atomic E-state index is 0. The van der Waals surface area contributed by atoms with Crippen molar-refractivity contribution in [2.24, 2.45) is 18.0 Å². The molecule has 2 rings (SSSR count). The Labute approximate surface area is 180 Å². The maximum Gasteiger partial charge on any atom is 0.192 e. The molecule has 1 aromatic heterocycles. The van der Waals surface area contributed by atoms with Gasteiger partial charge in [0.15, 0.2) is 11.8 Å². The molecule has 2 aromatic rings. The lowest BCUT2D eigenvalue weighted by atomic mass is 10.0. The fourth-order valence-corrected chi connectivity index (χ4v) is 2.74. The van der Waals surface area contributed by atoms with E-state index in [4.69, 9.17) is 4.99 Å². The predicted molar refractivity (Wildman–Crippen MR) is 122 cm³/mol. The van der Waals surface area contributed by atoms with Crippen molar-refractivity contribution in [3.8, 4) is 0 Å². The third-order valence-electron chi connectivity index (χ3n) is 4.93. The van der Waals surface area contributed by atoms with E-state index in [1.165, 1.54) is 5.56 Å². The molecule has 0 radical (unpaired) electrons. The highest BCUT2D eigenvalue weighted by Crippen LogP contribution is 2.11. The van der Waals surface area contributed by atoms with Gasteiger partial charge in [-0.25, -0.2) is 4.99 Å². The number of rotatable bonds is 8. The normalized spacial score (nSPS) is 12.6. The van der Waals surface area contributed by atoms with E-state index in [1.54, 1.807) is 0 Å². The quantitative estimate of drug-likeness (QED) is 0.338. The van der Waals surface area contributed by atoms with Gasteiger partial charge in [-0.15, -0.1) is 34.2 Å². The highest BCUT2D eigenvalue weighted by atomic mass is 127. The average molecular weight is 484 g/mol. The molecule has 7 heteroatoms. The van der Waals surface area contributed by atoms with Gasteiger partial charge in [-0.05, 0) is 25.3 Å². The topological polar surface area (TPSA) is 67.1 Å². The molecule has 1 atom stereocenters. The molecular formula is C20H33IN6. The van der Waals surface area contributed by atoms with Crippen molar-refractivity contribution in [2.45, 2.75) is 53.1 Å². The van der Waals surface area contributed by atoms with Crippen LogP contribution < -0.4 is 10.6 Å². The molecule has 0 aliphatic rings. The first kappa shape index (κ1) is 23.4. The summed E-state index contributed by atoms with van der Waals surface area (Å²) in [7, 11) is 1.97. The summed E-state index contributed by atoms with van der Waals surface area (Å²) in [6.07, 6.45) is 2.32. The SMILES string of the molecule is CCC(CC)CNC(=NCc1nnc(C)n1C)NC(C)c1ccccc1.I. The van der Waals surface area contributed by atoms with Crippen LogP contribution in [0.5, 0.6) is 0 Å². The van der Waals surface area contributed by atoms with Crippen LogP contribution in [0.15, 0.2) is 35.3 Å². The zero-order chi connectivity index (χ0) is 18.9. The molecular weight excluding hydrogens is 451 g/mol. The first-order chi connectivity index (χ1) is 12.5. The standard InChI is InChI=1S/C20H32N6.HI/c1-6-17(7-2)13-21-20(22-14-19-25-24-16(4)26(19)5)23-15(3)18-11-9-8-10-12-18;/h8-12,15,17H,6-7,13-14H2,1-5H3,(H2,21,22,23);1H. The molecule has 0 saturated heterocycles. The molecule has 150 valence electrons. The number of aliphatic imine (C=N–C) groups is 1. The maximum absolute atomic E-state index is 4.75. The number of nitrogens with one attached hydrogen (secondary N) is 2. The van der Waals surface area contributed by atoms with Crippen LogP contribution in [0.2, 0.25) is 0 Å². The second kappa shape index (κ2) is 11.9.